The summed E-state index contributed by atoms with van der Waals surface area (Å²) in [6.45, 7) is 1.71. The van der Waals surface area contributed by atoms with E-state index in [0.29, 0.717) is 22.8 Å². The number of nitrogens with zero attached hydrogens (tertiary/aromatic N) is 2. The fourth-order valence-corrected chi connectivity index (χ4v) is 2.69. The van der Waals surface area contributed by atoms with Gasteiger partial charge in [-0.15, -0.1) is 0 Å². The summed E-state index contributed by atoms with van der Waals surface area (Å²) in [7, 11) is 1.60. The lowest BCUT2D eigenvalue weighted by molar-refractivity contribution is 0.412. The zero-order valence-corrected chi connectivity index (χ0v) is 13.1. The molecule has 0 saturated carbocycles. The molecule has 0 radical (unpaired) electrons. The first kappa shape index (κ1) is 13.9. The molecule has 1 aromatic heterocycles. The highest BCUT2D eigenvalue weighted by Crippen LogP contribution is 2.31. The van der Waals surface area contributed by atoms with Crippen LogP contribution in [-0.4, -0.2) is 16.7 Å². The fourth-order valence-electron chi connectivity index (χ4n) is 2.28. The van der Waals surface area contributed by atoms with Crippen LogP contribution in [0.3, 0.4) is 0 Å². The van der Waals surface area contributed by atoms with Crippen molar-refractivity contribution in [2.45, 2.75) is 6.92 Å². The van der Waals surface area contributed by atoms with E-state index in [-0.39, 0.29) is 5.82 Å². The van der Waals surface area contributed by atoms with Crippen LogP contribution in [0.25, 0.3) is 16.7 Å². The van der Waals surface area contributed by atoms with Crippen LogP contribution < -0.4 is 10.5 Å². The van der Waals surface area contributed by atoms with Crippen molar-refractivity contribution in [2.75, 3.05) is 12.8 Å². The first-order valence-electron chi connectivity index (χ1n) is 6.29. The molecule has 0 aliphatic heterocycles. The van der Waals surface area contributed by atoms with Crippen molar-refractivity contribution in [3.05, 3.63) is 46.2 Å². The Kier molecular flexibility index (Phi) is 3.33. The summed E-state index contributed by atoms with van der Waals surface area (Å²) in [6, 6.07) is 8.75. The number of methoxy groups -OCH3 is 1. The number of ether oxygens (including phenoxy) is 1. The number of imidazole rings is 1. The van der Waals surface area contributed by atoms with Gasteiger partial charge >= 0.3 is 0 Å². The summed E-state index contributed by atoms with van der Waals surface area (Å²) in [6.07, 6.45) is 0. The van der Waals surface area contributed by atoms with Gasteiger partial charge in [-0.05, 0) is 46.6 Å². The number of hydrogen-bond donors (Lipinski definition) is 1. The second kappa shape index (κ2) is 5.04. The molecule has 0 spiro atoms. The summed E-state index contributed by atoms with van der Waals surface area (Å²) in [5.41, 5.74) is 8.63. The van der Waals surface area contributed by atoms with Crippen molar-refractivity contribution >= 4 is 32.9 Å². The number of hydrogen-bond acceptors (Lipinski definition) is 3. The number of aromatic nitrogens is 2. The number of halogens is 2. The van der Waals surface area contributed by atoms with Crippen molar-refractivity contribution in [3.63, 3.8) is 0 Å². The SMILES string of the molecule is COc1cc(-n2c(N)nc3cc(F)c(C)cc32)ccc1Br. The lowest BCUT2D eigenvalue weighted by Gasteiger charge is -2.10. The van der Waals surface area contributed by atoms with E-state index in [0.717, 1.165) is 15.7 Å². The number of nitrogens with two attached hydrogens (primary N) is 1. The van der Waals surface area contributed by atoms with Crippen molar-refractivity contribution in [3.8, 4) is 11.4 Å². The third-order valence-electron chi connectivity index (χ3n) is 3.35. The molecule has 21 heavy (non-hydrogen) atoms. The highest BCUT2D eigenvalue weighted by molar-refractivity contribution is 9.10. The normalized spacial score (nSPS) is 11.0. The zero-order chi connectivity index (χ0) is 15.1. The summed E-state index contributed by atoms with van der Waals surface area (Å²) in [4.78, 5) is 4.22. The maximum absolute atomic E-state index is 13.6. The largest absolute Gasteiger partial charge is 0.495 e. The lowest BCUT2D eigenvalue weighted by Crippen LogP contribution is -2.01. The molecule has 6 heteroatoms. The van der Waals surface area contributed by atoms with Crippen molar-refractivity contribution < 1.29 is 9.13 Å². The van der Waals surface area contributed by atoms with Gasteiger partial charge in [0.05, 0.1) is 28.3 Å². The van der Waals surface area contributed by atoms with Crippen LogP contribution in [0, 0.1) is 12.7 Å². The highest BCUT2D eigenvalue weighted by atomic mass is 79.9. The number of benzene rings is 2. The molecule has 0 atom stereocenters. The molecule has 0 aliphatic carbocycles. The van der Waals surface area contributed by atoms with Crippen molar-refractivity contribution in [2.24, 2.45) is 0 Å². The van der Waals surface area contributed by atoms with Crippen LogP contribution in [0.4, 0.5) is 10.3 Å². The summed E-state index contributed by atoms with van der Waals surface area (Å²) in [5, 5.41) is 0. The average molecular weight is 350 g/mol. The molecule has 0 saturated heterocycles. The van der Waals surface area contributed by atoms with E-state index >= 15 is 0 Å². The molecular weight excluding hydrogens is 337 g/mol. The van der Waals surface area contributed by atoms with Crippen LogP contribution >= 0.6 is 15.9 Å². The summed E-state index contributed by atoms with van der Waals surface area (Å²) < 4.78 is 21.6. The first-order chi connectivity index (χ1) is 10.0. The van der Waals surface area contributed by atoms with Gasteiger partial charge in [0.2, 0.25) is 5.95 Å². The number of anilines is 1. The smallest absolute Gasteiger partial charge is 0.205 e. The molecule has 0 unspecified atom stereocenters. The molecule has 0 bridgehead atoms. The van der Waals surface area contributed by atoms with Crippen molar-refractivity contribution in [1.29, 1.82) is 0 Å². The summed E-state index contributed by atoms with van der Waals surface area (Å²) in [5.74, 6) is 0.701. The predicted octanol–water partition coefficient (Wildman–Crippen LogP) is 3.83. The first-order valence-corrected chi connectivity index (χ1v) is 7.08. The topological polar surface area (TPSA) is 53.1 Å². The van der Waals surface area contributed by atoms with Crippen LogP contribution in [0.5, 0.6) is 5.75 Å². The van der Waals surface area contributed by atoms with E-state index in [9.17, 15) is 4.39 Å². The monoisotopic (exact) mass is 349 g/mol. The Balaban J connectivity index is 2.29. The Morgan fingerprint density at radius 2 is 2.05 bits per heavy atom. The zero-order valence-electron chi connectivity index (χ0n) is 11.5. The molecule has 0 fully saturated rings. The molecule has 4 nitrogen and oxygen atoms in total. The van der Waals surface area contributed by atoms with E-state index in [1.807, 2.05) is 18.2 Å². The highest BCUT2D eigenvalue weighted by Gasteiger charge is 2.13. The molecule has 2 aromatic carbocycles. The minimum absolute atomic E-state index is 0.291. The van der Waals surface area contributed by atoms with Gasteiger partial charge in [-0.25, -0.2) is 9.37 Å². The van der Waals surface area contributed by atoms with Gasteiger partial charge in [0.15, 0.2) is 0 Å². The van der Waals surface area contributed by atoms with E-state index < -0.39 is 0 Å². The van der Waals surface area contributed by atoms with E-state index in [1.165, 1.54) is 6.07 Å². The van der Waals surface area contributed by atoms with Gasteiger partial charge in [-0.3, -0.25) is 4.57 Å². The average Bonchev–Trinajstić information content (AvgIpc) is 2.75. The fraction of sp³-hybridized carbons (Fsp3) is 0.133. The van der Waals surface area contributed by atoms with E-state index in [2.05, 4.69) is 20.9 Å². The second-order valence-electron chi connectivity index (χ2n) is 4.71. The van der Waals surface area contributed by atoms with Gasteiger partial charge in [-0.2, -0.15) is 0 Å². The second-order valence-corrected chi connectivity index (χ2v) is 5.57. The number of rotatable bonds is 2. The standard InChI is InChI=1S/C15H13BrFN3O/c1-8-5-13-12(7-11(8)17)19-15(18)20(13)9-3-4-10(16)14(6-9)21-2/h3-7H,1-2H3,(H2,18,19). The quantitative estimate of drug-likeness (QED) is 0.764. The molecule has 3 rings (SSSR count). The third kappa shape index (κ3) is 2.25. The minimum atomic E-state index is -0.291. The molecule has 2 N–H and O–H groups in total. The Hall–Kier alpha value is -2.08. The molecule has 0 amide bonds. The van der Waals surface area contributed by atoms with E-state index in [1.54, 1.807) is 24.7 Å². The minimum Gasteiger partial charge on any atom is -0.495 e. The lowest BCUT2D eigenvalue weighted by atomic mass is 10.2. The number of aryl methyl sites for hydroxylation is 1. The molecular formula is C15H13BrFN3O. The maximum Gasteiger partial charge on any atom is 0.205 e. The molecule has 3 aromatic rings. The Bertz CT molecular complexity index is 845. The molecule has 108 valence electrons. The Morgan fingerprint density at radius 3 is 2.76 bits per heavy atom. The van der Waals surface area contributed by atoms with Gasteiger partial charge in [-0.1, -0.05) is 0 Å². The van der Waals surface area contributed by atoms with Crippen LogP contribution in [0.2, 0.25) is 0 Å². The van der Waals surface area contributed by atoms with Gasteiger partial charge < -0.3 is 10.5 Å². The van der Waals surface area contributed by atoms with E-state index in [4.69, 9.17) is 10.5 Å². The third-order valence-corrected chi connectivity index (χ3v) is 4.01. The number of fused-ring (bicyclic) bond motifs is 1. The maximum atomic E-state index is 13.6. The Morgan fingerprint density at radius 1 is 1.29 bits per heavy atom. The van der Waals surface area contributed by atoms with Crippen molar-refractivity contribution in [1.82, 2.24) is 9.55 Å². The van der Waals surface area contributed by atoms with Crippen LogP contribution in [-0.2, 0) is 0 Å². The van der Waals surface area contributed by atoms with Crippen LogP contribution in [0.15, 0.2) is 34.8 Å². The predicted molar refractivity (Wildman–Crippen MR) is 84.4 cm³/mol. The van der Waals surface area contributed by atoms with Gasteiger partial charge in [0.25, 0.3) is 0 Å². The molecule has 1 heterocycles. The Labute approximate surface area is 129 Å². The number of nitrogen functional groups attached to an aromatic ring is 1. The van der Waals surface area contributed by atoms with Gasteiger partial charge in [0.1, 0.15) is 11.6 Å². The van der Waals surface area contributed by atoms with Crippen LogP contribution in [0.1, 0.15) is 5.56 Å². The summed E-state index contributed by atoms with van der Waals surface area (Å²) >= 11 is 3.41. The molecule has 0 aliphatic rings. The van der Waals surface area contributed by atoms with Gasteiger partial charge in [0, 0.05) is 12.1 Å².